The highest BCUT2D eigenvalue weighted by Gasteiger charge is 1.27. The maximum absolute atomic E-state index is 9.36. The fourth-order valence-corrected chi connectivity index (χ4v) is 0. The molecule has 0 atom stereocenters. The van der Waals surface area contributed by atoms with Gasteiger partial charge in [-0.15, -0.1) is 4.91 Å². The fraction of sp³-hybridized carbons (Fsp3) is 1.00. The summed E-state index contributed by atoms with van der Waals surface area (Å²) in [7, 11) is 0. The second-order valence-corrected chi connectivity index (χ2v) is 0.0690. The van der Waals surface area contributed by atoms with Crippen molar-refractivity contribution in [3.05, 3.63) is 4.91 Å². The first kappa shape index (κ1) is 32.5. The van der Waals surface area contributed by atoms with Gasteiger partial charge in [0.2, 0.25) is 0 Å². The fourth-order valence-electron chi connectivity index (χ4n) is 0. The molecule has 0 spiro atoms. The van der Waals surface area contributed by atoms with E-state index in [0.29, 0.717) is 0 Å². The minimum absolute atomic E-state index is 0. The quantitative estimate of drug-likeness (QED) is 0.451. The standard InChI is InChI=1S/2CH4.F2.FNO/c;;1-2;1-2-3/h2*1H4;;. The normalized spacial score (nSPS) is 2.71. The van der Waals surface area contributed by atoms with Gasteiger partial charge in [0.05, 0.1) is 0 Å². The molecule has 48 valence electrons. The number of nitroso groups, excluding NO2 is 1. The highest BCUT2D eigenvalue weighted by Crippen LogP contribution is 1.48. The molecule has 0 aromatic heterocycles. The van der Waals surface area contributed by atoms with Gasteiger partial charge in [-0.05, 0) is 4.48 Å². The molecule has 0 rings (SSSR count). The van der Waals surface area contributed by atoms with Crippen molar-refractivity contribution in [2.45, 2.75) is 14.9 Å². The second kappa shape index (κ2) is 683. The zero-order chi connectivity index (χ0) is 4.71. The topological polar surface area (TPSA) is 29.4 Å². The van der Waals surface area contributed by atoms with E-state index in [0.717, 1.165) is 5.40 Å². The van der Waals surface area contributed by atoms with Crippen LogP contribution >= 0.6 is 0 Å². The maximum atomic E-state index is 9.36. The van der Waals surface area contributed by atoms with Gasteiger partial charge in [0.15, 0.2) is 0 Å². The van der Waals surface area contributed by atoms with Crippen molar-refractivity contribution in [2.75, 3.05) is 0 Å². The Hall–Kier alpha value is -0.610. The molecule has 0 aromatic rings. The third kappa shape index (κ3) is 166. The predicted octanol–water partition coefficient (Wildman–Crippen LogP) is 2.75. The zero-order valence-electron chi connectivity index (χ0n) is 1.99. The second-order valence-electron chi connectivity index (χ2n) is 0.0690. The Morgan fingerprint density at radius 2 is 1.14 bits per heavy atom. The van der Waals surface area contributed by atoms with Gasteiger partial charge in [0.1, 0.15) is 5.40 Å². The summed E-state index contributed by atoms with van der Waals surface area (Å²) in [6.45, 7) is 0. The van der Waals surface area contributed by atoms with Crippen LogP contribution in [0.3, 0.4) is 0 Å². The molecule has 0 aliphatic carbocycles. The summed E-state index contributed by atoms with van der Waals surface area (Å²) in [6, 6.07) is 0. The van der Waals surface area contributed by atoms with Crippen LogP contribution in [-0.4, -0.2) is 0 Å². The van der Waals surface area contributed by atoms with Crippen molar-refractivity contribution < 1.29 is 13.6 Å². The molecule has 2 nitrogen and oxygen atoms in total. The predicted molar refractivity (Wildman–Crippen MR) is 22.6 cm³/mol. The average Bonchev–Trinajstić information content (AvgIpc) is 1.46. The molecule has 0 radical (unpaired) electrons. The monoisotopic (exact) mass is 119 g/mol. The summed E-state index contributed by atoms with van der Waals surface area (Å²) in [5, 5.41) is 0.750. The van der Waals surface area contributed by atoms with Gasteiger partial charge in [0, 0.05) is 9.15 Å². The lowest BCUT2D eigenvalue weighted by Crippen LogP contribution is -1.00. The van der Waals surface area contributed by atoms with E-state index in [9.17, 15) is 4.48 Å². The van der Waals surface area contributed by atoms with Crippen LogP contribution in [0.2, 0.25) is 0 Å². The van der Waals surface area contributed by atoms with Gasteiger partial charge in [0.25, 0.3) is 0 Å². The molecule has 0 N–H and O–H groups in total. The maximum Gasteiger partial charge on any atom is 0.146 e. The van der Waals surface area contributed by atoms with Crippen LogP contribution < -0.4 is 0 Å². The Kier molecular flexibility index (Phi) is 3170. The molecule has 0 aliphatic rings. The SMILES string of the molecule is C.C.FF.O=NF. The van der Waals surface area contributed by atoms with E-state index < -0.39 is 0 Å². The zero-order valence-corrected chi connectivity index (χ0v) is 1.99. The van der Waals surface area contributed by atoms with Crippen molar-refractivity contribution in [1.82, 2.24) is 0 Å². The van der Waals surface area contributed by atoms with E-state index in [4.69, 9.17) is 14.1 Å². The van der Waals surface area contributed by atoms with Crippen molar-refractivity contribution in [3.8, 4) is 0 Å². The molecule has 5 heteroatoms. The highest BCUT2D eigenvalue weighted by molar-refractivity contribution is 3.84. The number of nitrogens with zero attached hydrogens (tertiary/aromatic N) is 1. The molecule has 0 bridgehead atoms. The third-order valence-electron chi connectivity index (χ3n) is 0. The molecule has 0 unspecified atom stereocenters. The Balaban J connectivity index is -0.0000000105. The average molecular weight is 119 g/mol. The summed E-state index contributed by atoms with van der Waals surface area (Å²) in [5.74, 6) is 0. The molecule has 0 amide bonds. The van der Waals surface area contributed by atoms with Crippen LogP contribution in [0, 0.1) is 4.91 Å². The molecule has 0 saturated heterocycles. The van der Waals surface area contributed by atoms with Gasteiger partial charge in [-0.1, -0.05) is 14.9 Å². The van der Waals surface area contributed by atoms with Crippen molar-refractivity contribution in [1.29, 1.82) is 0 Å². The van der Waals surface area contributed by atoms with E-state index in [1.165, 1.54) is 0 Å². The lowest BCUT2D eigenvalue weighted by molar-refractivity contribution is 0.108. The van der Waals surface area contributed by atoms with Crippen LogP contribution in [0.25, 0.3) is 0 Å². The molecular formula is C2H8F3NO. The Morgan fingerprint density at radius 1 is 1.14 bits per heavy atom. The molecule has 0 aromatic carbocycles. The van der Waals surface area contributed by atoms with E-state index in [2.05, 4.69) is 0 Å². The lowest BCUT2D eigenvalue weighted by Gasteiger charge is -1.19. The van der Waals surface area contributed by atoms with Crippen LogP contribution in [-0.2, 0) is 0 Å². The molecule has 0 heterocycles. The summed E-state index contributed by atoms with van der Waals surface area (Å²) in [4.78, 5) is 7.89. The van der Waals surface area contributed by atoms with E-state index in [1.807, 2.05) is 0 Å². The third-order valence-corrected chi connectivity index (χ3v) is 0. The largest absolute Gasteiger partial charge is 0.146 e. The minimum Gasteiger partial charge on any atom is -0.113 e. The molecule has 0 fully saturated rings. The van der Waals surface area contributed by atoms with Crippen molar-refractivity contribution in [3.63, 3.8) is 0 Å². The van der Waals surface area contributed by atoms with Crippen LogP contribution in [0.4, 0.5) is 13.6 Å². The number of hydrogen-bond donors (Lipinski definition) is 0. The molecule has 7 heavy (non-hydrogen) atoms. The molecule has 0 saturated carbocycles. The van der Waals surface area contributed by atoms with E-state index in [-0.39, 0.29) is 14.9 Å². The van der Waals surface area contributed by atoms with Crippen molar-refractivity contribution in [2.24, 2.45) is 5.40 Å². The highest BCUT2D eigenvalue weighted by atomic mass is 20.0. The Morgan fingerprint density at radius 3 is 1.14 bits per heavy atom. The summed E-state index contributed by atoms with van der Waals surface area (Å²) in [6.07, 6.45) is 0. The summed E-state index contributed by atoms with van der Waals surface area (Å²) >= 11 is 0. The van der Waals surface area contributed by atoms with Crippen LogP contribution in [0.1, 0.15) is 14.9 Å². The molecular weight excluding hydrogens is 111 g/mol. The van der Waals surface area contributed by atoms with Gasteiger partial charge < -0.3 is 0 Å². The van der Waals surface area contributed by atoms with Crippen LogP contribution in [0.15, 0.2) is 5.40 Å². The number of halogens is 3. The number of hydrogen-bond acceptors (Lipinski definition) is 2. The Bertz CT molecular complexity index is 20.4. The minimum atomic E-state index is 0. The first-order valence-electron chi connectivity index (χ1n) is 0.494. The van der Waals surface area contributed by atoms with Crippen molar-refractivity contribution >= 4 is 0 Å². The first-order chi connectivity index (χ1) is 2.41. The van der Waals surface area contributed by atoms with Crippen LogP contribution in [0.5, 0.6) is 0 Å². The van der Waals surface area contributed by atoms with E-state index in [1.54, 1.807) is 0 Å². The lowest BCUT2D eigenvalue weighted by atomic mass is 12.0. The smallest absolute Gasteiger partial charge is 0.113 e. The summed E-state index contributed by atoms with van der Waals surface area (Å²) in [5.41, 5.74) is 0. The van der Waals surface area contributed by atoms with Gasteiger partial charge in [-0.3, -0.25) is 0 Å². The Labute approximate surface area is 40.1 Å². The van der Waals surface area contributed by atoms with Gasteiger partial charge in [-0.25, -0.2) is 0 Å². The van der Waals surface area contributed by atoms with Gasteiger partial charge in [-0.2, -0.15) is 0 Å². The van der Waals surface area contributed by atoms with E-state index >= 15 is 0 Å². The van der Waals surface area contributed by atoms with Gasteiger partial charge >= 0.3 is 0 Å². The number of rotatable bonds is 0. The molecule has 0 aliphatic heterocycles. The first-order valence-corrected chi connectivity index (χ1v) is 0.494. The summed E-state index contributed by atoms with van der Waals surface area (Å²) < 4.78 is 25.4.